The molecule has 1 aromatic heterocycles. The number of carbonyl (C=O) groups is 2. The van der Waals surface area contributed by atoms with Crippen molar-refractivity contribution >= 4 is 55.4 Å². The van der Waals surface area contributed by atoms with Crippen LogP contribution in [0.3, 0.4) is 0 Å². The van der Waals surface area contributed by atoms with Gasteiger partial charge in [0, 0.05) is 31.2 Å². The smallest absolute Gasteiger partial charge is 0.255 e. The number of anilines is 1. The van der Waals surface area contributed by atoms with Gasteiger partial charge < -0.3 is 9.73 Å². The standard InChI is InChI=1S/C30H30ClN5O7S2/c1-22(37)33-25-10-16-28(17-11-25)44(39,40)35(2)21-30(38)34-32-18-26-12-13-27(43-26)20-36(19-23-6-4-3-5-7-23)45(41,42)29-14-8-24(31)9-15-29/h3-18H,19-21H2,1-2H3,(H,33,37)(H,34,38)/b32-18-. The average molecular weight is 672 g/mol. The second kappa shape index (κ2) is 14.6. The average Bonchev–Trinajstić information content (AvgIpc) is 3.44. The van der Waals surface area contributed by atoms with E-state index in [1.807, 2.05) is 30.3 Å². The summed E-state index contributed by atoms with van der Waals surface area (Å²) in [5, 5.41) is 6.79. The largest absolute Gasteiger partial charge is 0.459 e. The second-order valence-corrected chi connectivity index (χ2v) is 14.2. The molecule has 0 unspecified atom stereocenters. The minimum Gasteiger partial charge on any atom is -0.459 e. The van der Waals surface area contributed by atoms with Gasteiger partial charge in [-0.05, 0) is 66.2 Å². The number of nitrogens with one attached hydrogen (secondary N) is 2. The molecule has 0 saturated heterocycles. The third kappa shape index (κ3) is 9.09. The highest BCUT2D eigenvalue weighted by Gasteiger charge is 2.26. The molecule has 45 heavy (non-hydrogen) atoms. The fraction of sp³-hybridized carbons (Fsp3) is 0.167. The van der Waals surface area contributed by atoms with Crippen LogP contribution in [-0.2, 0) is 42.7 Å². The summed E-state index contributed by atoms with van der Waals surface area (Å²) in [7, 11) is -6.67. The van der Waals surface area contributed by atoms with E-state index in [0.717, 1.165) is 9.87 Å². The van der Waals surface area contributed by atoms with Crippen molar-refractivity contribution in [2.75, 3.05) is 18.9 Å². The highest BCUT2D eigenvalue weighted by Crippen LogP contribution is 2.23. The van der Waals surface area contributed by atoms with Gasteiger partial charge in [0.15, 0.2) is 0 Å². The first-order chi connectivity index (χ1) is 21.3. The molecule has 0 aliphatic rings. The number of hydrogen-bond acceptors (Lipinski definition) is 8. The maximum atomic E-state index is 13.5. The van der Waals surface area contributed by atoms with Crippen LogP contribution in [0.15, 0.2) is 110 Å². The monoisotopic (exact) mass is 671 g/mol. The Morgan fingerprint density at radius 3 is 2.11 bits per heavy atom. The van der Waals surface area contributed by atoms with Crippen molar-refractivity contribution in [2.45, 2.75) is 29.8 Å². The Balaban J connectivity index is 1.39. The van der Waals surface area contributed by atoms with Gasteiger partial charge in [0.2, 0.25) is 26.0 Å². The van der Waals surface area contributed by atoms with E-state index in [1.165, 1.54) is 73.0 Å². The molecule has 0 bridgehead atoms. The molecule has 3 aromatic carbocycles. The van der Waals surface area contributed by atoms with E-state index in [2.05, 4.69) is 15.8 Å². The summed E-state index contributed by atoms with van der Waals surface area (Å²) in [5.74, 6) is -0.444. The zero-order chi connectivity index (χ0) is 32.6. The minimum atomic E-state index is -3.99. The topological polar surface area (TPSA) is 158 Å². The van der Waals surface area contributed by atoms with Crippen LogP contribution >= 0.6 is 11.6 Å². The van der Waals surface area contributed by atoms with Crippen LogP contribution in [0.5, 0.6) is 0 Å². The highest BCUT2D eigenvalue weighted by atomic mass is 35.5. The molecule has 2 N–H and O–H groups in total. The van der Waals surface area contributed by atoms with Crippen LogP contribution in [0, 0.1) is 0 Å². The molecule has 0 aliphatic heterocycles. The molecule has 0 aliphatic carbocycles. The Morgan fingerprint density at radius 2 is 1.47 bits per heavy atom. The molecule has 0 spiro atoms. The van der Waals surface area contributed by atoms with Crippen molar-refractivity contribution in [3.63, 3.8) is 0 Å². The van der Waals surface area contributed by atoms with Gasteiger partial charge in [0.25, 0.3) is 5.91 Å². The molecule has 12 nitrogen and oxygen atoms in total. The molecule has 0 saturated carbocycles. The number of likely N-dealkylation sites (N-methyl/N-ethyl adjacent to an activating group) is 1. The van der Waals surface area contributed by atoms with Crippen LogP contribution in [-0.4, -0.2) is 57.1 Å². The third-order valence-corrected chi connectivity index (χ3v) is 10.2. The quantitative estimate of drug-likeness (QED) is 0.160. The number of amides is 2. The van der Waals surface area contributed by atoms with E-state index >= 15 is 0 Å². The van der Waals surface area contributed by atoms with Gasteiger partial charge in [-0.15, -0.1) is 0 Å². The Kier molecular flexibility index (Phi) is 10.9. The number of benzene rings is 3. The zero-order valence-corrected chi connectivity index (χ0v) is 26.6. The summed E-state index contributed by atoms with van der Waals surface area (Å²) in [4.78, 5) is 23.6. The number of sulfonamides is 2. The summed E-state index contributed by atoms with van der Waals surface area (Å²) in [5.41, 5.74) is 3.46. The van der Waals surface area contributed by atoms with Gasteiger partial charge >= 0.3 is 0 Å². The number of furan rings is 1. The minimum absolute atomic E-state index is 0.0575. The number of halogens is 1. The van der Waals surface area contributed by atoms with Gasteiger partial charge in [0.1, 0.15) is 11.5 Å². The molecule has 236 valence electrons. The van der Waals surface area contributed by atoms with Gasteiger partial charge in [-0.25, -0.2) is 22.3 Å². The molecule has 0 fully saturated rings. The van der Waals surface area contributed by atoms with E-state index in [4.69, 9.17) is 16.0 Å². The molecular formula is C30H30ClN5O7S2. The molecule has 0 atom stereocenters. The molecule has 15 heteroatoms. The first-order valence-corrected chi connectivity index (χ1v) is 16.6. The molecule has 0 radical (unpaired) electrons. The molecule has 1 heterocycles. The normalized spacial score (nSPS) is 12.1. The Morgan fingerprint density at radius 1 is 0.844 bits per heavy atom. The summed E-state index contributed by atoms with van der Waals surface area (Å²) >= 11 is 5.95. The lowest BCUT2D eigenvalue weighted by atomic mass is 10.2. The van der Waals surface area contributed by atoms with E-state index in [-0.39, 0.29) is 34.5 Å². The maximum absolute atomic E-state index is 13.5. The maximum Gasteiger partial charge on any atom is 0.255 e. The fourth-order valence-corrected chi connectivity index (χ4v) is 6.72. The lowest BCUT2D eigenvalue weighted by Gasteiger charge is -2.21. The zero-order valence-electron chi connectivity index (χ0n) is 24.3. The Bertz CT molecular complexity index is 1880. The molecule has 4 aromatic rings. The van der Waals surface area contributed by atoms with Crippen LogP contribution < -0.4 is 10.7 Å². The number of hydrazone groups is 1. The molecule has 2 amide bonds. The summed E-state index contributed by atoms with van der Waals surface area (Å²) in [6.45, 7) is 0.811. The van der Waals surface area contributed by atoms with E-state index in [9.17, 15) is 26.4 Å². The summed E-state index contributed by atoms with van der Waals surface area (Å²) < 4.78 is 60.6. The number of nitrogens with zero attached hydrogens (tertiary/aromatic N) is 3. The van der Waals surface area contributed by atoms with Crippen LogP contribution in [0.4, 0.5) is 5.69 Å². The van der Waals surface area contributed by atoms with E-state index < -0.39 is 32.5 Å². The Hall–Kier alpha value is -4.34. The number of hydrogen-bond donors (Lipinski definition) is 2. The van der Waals surface area contributed by atoms with Crippen molar-refractivity contribution < 1.29 is 30.8 Å². The predicted octanol–water partition coefficient (Wildman–Crippen LogP) is 4.05. The van der Waals surface area contributed by atoms with Gasteiger partial charge in [-0.3, -0.25) is 9.59 Å². The van der Waals surface area contributed by atoms with Crippen molar-refractivity contribution in [3.8, 4) is 0 Å². The van der Waals surface area contributed by atoms with Crippen molar-refractivity contribution in [1.82, 2.24) is 14.0 Å². The van der Waals surface area contributed by atoms with Gasteiger partial charge in [0.05, 0.1) is 29.1 Å². The molecule has 4 rings (SSSR count). The fourth-order valence-electron chi connectivity index (χ4n) is 4.08. The second-order valence-electron chi connectivity index (χ2n) is 9.78. The van der Waals surface area contributed by atoms with E-state index in [0.29, 0.717) is 16.5 Å². The van der Waals surface area contributed by atoms with Crippen molar-refractivity contribution in [1.29, 1.82) is 0 Å². The first kappa shape index (κ1) is 33.6. The Labute approximate surface area is 266 Å². The SMILES string of the molecule is CC(=O)Nc1ccc(S(=O)(=O)N(C)CC(=O)N/N=C\c2ccc(CN(Cc3ccccc3)S(=O)(=O)c3ccc(Cl)cc3)o2)cc1. The van der Waals surface area contributed by atoms with Crippen LogP contribution in [0.2, 0.25) is 5.02 Å². The summed E-state index contributed by atoms with van der Waals surface area (Å²) in [6.07, 6.45) is 1.21. The van der Waals surface area contributed by atoms with Gasteiger partial charge in [-0.1, -0.05) is 41.9 Å². The van der Waals surface area contributed by atoms with Gasteiger partial charge in [-0.2, -0.15) is 13.7 Å². The van der Waals surface area contributed by atoms with Crippen molar-refractivity contribution in [3.05, 3.63) is 113 Å². The molecular weight excluding hydrogens is 642 g/mol. The van der Waals surface area contributed by atoms with Crippen molar-refractivity contribution in [2.24, 2.45) is 5.10 Å². The van der Waals surface area contributed by atoms with E-state index in [1.54, 1.807) is 12.1 Å². The lowest BCUT2D eigenvalue weighted by molar-refractivity contribution is -0.121. The number of rotatable bonds is 13. The highest BCUT2D eigenvalue weighted by molar-refractivity contribution is 7.89. The third-order valence-electron chi connectivity index (χ3n) is 6.30. The predicted molar refractivity (Wildman–Crippen MR) is 169 cm³/mol. The van der Waals surface area contributed by atoms with Crippen LogP contribution in [0.1, 0.15) is 24.0 Å². The van der Waals surface area contributed by atoms with Crippen LogP contribution in [0.25, 0.3) is 0 Å². The number of carbonyl (C=O) groups excluding carboxylic acids is 2. The summed E-state index contributed by atoms with van der Waals surface area (Å²) in [6, 6.07) is 23.7. The lowest BCUT2D eigenvalue weighted by Crippen LogP contribution is -2.36. The first-order valence-electron chi connectivity index (χ1n) is 13.4.